The van der Waals surface area contributed by atoms with Crippen molar-refractivity contribution in [2.45, 2.75) is 19.4 Å². The third-order valence-electron chi connectivity index (χ3n) is 3.05. The molecule has 1 aromatic heterocycles. The van der Waals surface area contributed by atoms with Gasteiger partial charge in [-0.3, -0.25) is 10.2 Å². The van der Waals surface area contributed by atoms with Gasteiger partial charge in [0.25, 0.3) is 0 Å². The van der Waals surface area contributed by atoms with Gasteiger partial charge in [-0.05, 0) is 42.8 Å². The highest BCUT2D eigenvalue weighted by molar-refractivity contribution is 5.66. The summed E-state index contributed by atoms with van der Waals surface area (Å²) in [5, 5.41) is 20.9. The lowest BCUT2D eigenvalue weighted by Gasteiger charge is -2.08. The first-order valence-corrected chi connectivity index (χ1v) is 6.59. The second kappa shape index (κ2) is 8.33. The molecule has 1 heterocycles. The number of carboxylic acids is 1. The maximum atomic E-state index is 10.5. The summed E-state index contributed by atoms with van der Waals surface area (Å²) in [6, 6.07) is 10.9. The fourth-order valence-corrected chi connectivity index (χ4v) is 1.93. The van der Waals surface area contributed by atoms with Crippen LogP contribution in [0.1, 0.15) is 12.8 Å². The summed E-state index contributed by atoms with van der Waals surface area (Å²) in [5.41, 5.74) is 1.92. The highest BCUT2D eigenvalue weighted by atomic mass is 79.9. The van der Waals surface area contributed by atoms with E-state index in [1.165, 1.54) is 4.68 Å². The SMILES string of the molecule is COc1ccc(-c2ccc(=N)n(CCCC(=O)O)n2)cc1.[Br-]. The van der Waals surface area contributed by atoms with Crippen molar-refractivity contribution >= 4 is 5.97 Å². The van der Waals surface area contributed by atoms with Crippen molar-refractivity contribution < 1.29 is 31.6 Å². The predicted octanol–water partition coefficient (Wildman–Crippen LogP) is -1.09. The fourth-order valence-electron chi connectivity index (χ4n) is 1.93. The lowest BCUT2D eigenvalue weighted by atomic mass is 10.1. The summed E-state index contributed by atoms with van der Waals surface area (Å²) in [6.07, 6.45) is 0.520. The molecule has 0 saturated carbocycles. The normalized spacial score (nSPS) is 9.86. The number of carboxylic acid groups (broad SMARTS) is 1. The number of carbonyl (C=O) groups is 1. The van der Waals surface area contributed by atoms with Gasteiger partial charge in [0, 0.05) is 18.5 Å². The number of nitrogens with one attached hydrogen (secondary N) is 1. The summed E-state index contributed by atoms with van der Waals surface area (Å²) in [7, 11) is 1.61. The molecule has 2 N–H and O–H groups in total. The number of hydrogen-bond acceptors (Lipinski definition) is 4. The van der Waals surface area contributed by atoms with E-state index in [0.29, 0.717) is 13.0 Å². The Morgan fingerprint density at radius 1 is 1.27 bits per heavy atom. The van der Waals surface area contributed by atoms with Gasteiger partial charge >= 0.3 is 5.97 Å². The molecule has 0 amide bonds. The van der Waals surface area contributed by atoms with Crippen LogP contribution in [-0.2, 0) is 11.3 Å². The van der Waals surface area contributed by atoms with Crippen LogP contribution >= 0.6 is 0 Å². The van der Waals surface area contributed by atoms with Crippen molar-refractivity contribution in [1.82, 2.24) is 9.78 Å². The van der Waals surface area contributed by atoms with Crippen molar-refractivity contribution in [3.05, 3.63) is 41.9 Å². The van der Waals surface area contributed by atoms with Gasteiger partial charge < -0.3 is 26.8 Å². The molecule has 2 rings (SSSR count). The molecule has 0 aliphatic rings. The predicted molar refractivity (Wildman–Crippen MR) is 76.9 cm³/mol. The van der Waals surface area contributed by atoms with E-state index in [1.54, 1.807) is 19.2 Å². The average molecular weight is 367 g/mol. The molecule has 7 heteroatoms. The number of nitrogens with zero attached hydrogens (tertiary/aromatic N) is 2. The van der Waals surface area contributed by atoms with Crippen LogP contribution in [0.5, 0.6) is 5.75 Å². The van der Waals surface area contributed by atoms with Gasteiger partial charge in [-0.1, -0.05) is 0 Å². The van der Waals surface area contributed by atoms with Gasteiger partial charge in [-0.2, -0.15) is 5.10 Å². The number of rotatable bonds is 6. The minimum absolute atomic E-state index is 0. The second-order valence-corrected chi connectivity index (χ2v) is 4.55. The highest BCUT2D eigenvalue weighted by Gasteiger charge is 2.04. The number of halogens is 1. The Labute approximate surface area is 138 Å². The van der Waals surface area contributed by atoms with E-state index < -0.39 is 5.97 Å². The second-order valence-electron chi connectivity index (χ2n) is 4.55. The van der Waals surface area contributed by atoms with Crippen molar-refractivity contribution in [2.75, 3.05) is 7.11 Å². The van der Waals surface area contributed by atoms with Crippen LogP contribution in [0.4, 0.5) is 0 Å². The molecule has 118 valence electrons. The molecule has 0 spiro atoms. The van der Waals surface area contributed by atoms with Gasteiger partial charge in [0.2, 0.25) is 0 Å². The molecule has 0 aliphatic carbocycles. The van der Waals surface area contributed by atoms with Gasteiger partial charge in [0.1, 0.15) is 11.2 Å². The van der Waals surface area contributed by atoms with Crippen molar-refractivity contribution in [3.63, 3.8) is 0 Å². The topological polar surface area (TPSA) is 88.2 Å². The lowest BCUT2D eigenvalue weighted by molar-refractivity contribution is -0.137. The summed E-state index contributed by atoms with van der Waals surface area (Å²) in [4.78, 5) is 10.5. The Balaban J connectivity index is 0.00000242. The highest BCUT2D eigenvalue weighted by Crippen LogP contribution is 2.19. The number of benzene rings is 1. The number of hydrogen-bond donors (Lipinski definition) is 2. The van der Waals surface area contributed by atoms with E-state index >= 15 is 0 Å². The van der Waals surface area contributed by atoms with E-state index in [9.17, 15) is 4.79 Å². The lowest BCUT2D eigenvalue weighted by Crippen LogP contribution is -3.00. The summed E-state index contributed by atoms with van der Waals surface area (Å²) < 4.78 is 6.63. The van der Waals surface area contributed by atoms with Gasteiger partial charge in [0.15, 0.2) is 0 Å². The third-order valence-corrected chi connectivity index (χ3v) is 3.05. The molecule has 1 aromatic carbocycles. The molecule has 22 heavy (non-hydrogen) atoms. The van der Waals surface area contributed by atoms with Crippen LogP contribution in [0.25, 0.3) is 11.3 Å². The molecular formula is C15H17BrN3O3-. The third kappa shape index (κ3) is 4.70. The summed E-state index contributed by atoms with van der Waals surface area (Å²) in [6.45, 7) is 0.412. The first kappa shape index (κ1) is 17.9. The van der Waals surface area contributed by atoms with Gasteiger partial charge in [0.05, 0.1) is 12.8 Å². The Kier molecular flexibility index (Phi) is 6.78. The molecule has 0 atom stereocenters. The van der Waals surface area contributed by atoms with E-state index in [4.69, 9.17) is 15.3 Å². The molecule has 0 saturated heterocycles. The fraction of sp³-hybridized carbons (Fsp3) is 0.267. The average Bonchev–Trinajstić information content (AvgIpc) is 2.49. The number of methoxy groups -OCH3 is 1. The van der Waals surface area contributed by atoms with Crippen molar-refractivity contribution in [3.8, 4) is 17.0 Å². The van der Waals surface area contributed by atoms with Gasteiger partial charge in [-0.25, -0.2) is 4.68 Å². The molecule has 0 unspecified atom stereocenters. The standard InChI is InChI=1S/C15H17N3O3.BrH/c1-21-12-6-4-11(5-7-12)13-8-9-14(16)18(17-13)10-2-3-15(19)20;/h4-9,16H,2-3,10H2,1H3,(H,19,20);1H/p-1. The Morgan fingerprint density at radius 2 is 1.95 bits per heavy atom. The molecule has 0 fully saturated rings. The first-order valence-electron chi connectivity index (χ1n) is 6.59. The summed E-state index contributed by atoms with van der Waals surface area (Å²) >= 11 is 0. The van der Waals surface area contributed by atoms with Crippen LogP contribution in [0.2, 0.25) is 0 Å². The zero-order valence-corrected chi connectivity index (χ0v) is 13.7. The molecule has 6 nitrogen and oxygen atoms in total. The molecule has 0 bridgehead atoms. The Morgan fingerprint density at radius 3 is 2.55 bits per heavy atom. The smallest absolute Gasteiger partial charge is 0.303 e. The largest absolute Gasteiger partial charge is 1.00 e. The molecule has 0 aliphatic heterocycles. The Bertz CT molecular complexity index is 683. The minimum Gasteiger partial charge on any atom is -1.00 e. The van der Waals surface area contributed by atoms with Crippen LogP contribution < -0.4 is 27.2 Å². The Hall–Kier alpha value is -2.15. The first-order chi connectivity index (χ1) is 10.1. The maximum Gasteiger partial charge on any atom is 0.303 e. The monoisotopic (exact) mass is 366 g/mol. The van der Waals surface area contributed by atoms with E-state index in [-0.39, 0.29) is 28.9 Å². The zero-order chi connectivity index (χ0) is 15.2. The zero-order valence-electron chi connectivity index (χ0n) is 12.1. The number of ether oxygens (including phenoxy) is 1. The van der Waals surface area contributed by atoms with Gasteiger partial charge in [-0.15, -0.1) is 0 Å². The summed E-state index contributed by atoms with van der Waals surface area (Å²) in [5.74, 6) is -0.0707. The van der Waals surface area contributed by atoms with E-state index in [1.807, 2.05) is 24.3 Å². The van der Waals surface area contributed by atoms with Crippen molar-refractivity contribution in [2.24, 2.45) is 0 Å². The van der Waals surface area contributed by atoms with Crippen LogP contribution in [0.15, 0.2) is 36.4 Å². The van der Waals surface area contributed by atoms with Crippen LogP contribution in [0.3, 0.4) is 0 Å². The number of aromatic nitrogens is 2. The number of aliphatic carboxylic acids is 1. The van der Waals surface area contributed by atoms with Crippen LogP contribution in [-0.4, -0.2) is 28.0 Å². The molecular weight excluding hydrogens is 350 g/mol. The number of aryl methyl sites for hydroxylation is 1. The minimum atomic E-state index is -0.839. The molecule has 0 radical (unpaired) electrons. The van der Waals surface area contributed by atoms with Crippen LogP contribution in [0, 0.1) is 5.41 Å². The van der Waals surface area contributed by atoms with E-state index in [0.717, 1.165) is 17.0 Å². The maximum absolute atomic E-state index is 10.5. The van der Waals surface area contributed by atoms with E-state index in [2.05, 4.69) is 5.10 Å². The molecule has 2 aromatic rings. The van der Waals surface area contributed by atoms with Crippen molar-refractivity contribution in [1.29, 1.82) is 5.41 Å². The quantitative estimate of drug-likeness (QED) is 0.679.